The molecule has 1 N–H and O–H groups in total. The monoisotopic (exact) mass is 332 g/mol. The first-order valence-corrected chi connectivity index (χ1v) is 8.59. The highest BCUT2D eigenvalue weighted by Crippen LogP contribution is 2.30. The standard InChI is InChI=1S/C20H20N4O/c1-14-7-5-10-16(13-14)17-11-6-12-18-21-20(23-24(17)18)22-19(25)15-8-3-2-4-9-15/h2-5,7-10,13,17H,6,11-12H2,1H3,(H,22,23,25). The second kappa shape index (κ2) is 6.51. The van der Waals surface area contributed by atoms with E-state index in [-0.39, 0.29) is 11.9 Å². The van der Waals surface area contributed by atoms with Crippen molar-refractivity contribution in [2.75, 3.05) is 5.32 Å². The van der Waals surface area contributed by atoms with E-state index in [1.54, 1.807) is 12.1 Å². The third-order valence-corrected chi connectivity index (χ3v) is 4.56. The predicted octanol–water partition coefficient (Wildman–Crippen LogP) is 3.76. The van der Waals surface area contributed by atoms with Crippen LogP contribution in [0.5, 0.6) is 0 Å². The number of carbonyl (C=O) groups excluding carboxylic acids is 1. The van der Waals surface area contributed by atoms with Crippen molar-refractivity contribution in [1.82, 2.24) is 14.8 Å². The molecular formula is C20H20N4O. The first kappa shape index (κ1) is 15.6. The van der Waals surface area contributed by atoms with E-state index >= 15 is 0 Å². The maximum Gasteiger partial charge on any atom is 0.258 e. The maximum absolute atomic E-state index is 12.3. The number of fused-ring (bicyclic) bond motifs is 1. The Morgan fingerprint density at radius 3 is 2.80 bits per heavy atom. The predicted molar refractivity (Wildman–Crippen MR) is 96.7 cm³/mol. The van der Waals surface area contributed by atoms with Crippen molar-refractivity contribution in [3.63, 3.8) is 0 Å². The van der Waals surface area contributed by atoms with Gasteiger partial charge in [-0.3, -0.25) is 10.1 Å². The summed E-state index contributed by atoms with van der Waals surface area (Å²) in [6.45, 7) is 2.10. The molecule has 3 aromatic rings. The van der Waals surface area contributed by atoms with Crippen molar-refractivity contribution in [2.24, 2.45) is 0 Å². The average Bonchev–Trinajstić information content (AvgIpc) is 3.04. The van der Waals surface area contributed by atoms with Gasteiger partial charge in [-0.15, -0.1) is 5.10 Å². The molecule has 4 rings (SSSR count). The molecule has 0 bridgehead atoms. The molecule has 2 aromatic carbocycles. The largest absolute Gasteiger partial charge is 0.289 e. The van der Waals surface area contributed by atoms with E-state index in [4.69, 9.17) is 0 Å². The second-order valence-electron chi connectivity index (χ2n) is 6.44. The number of aryl methyl sites for hydroxylation is 2. The molecule has 5 heteroatoms. The molecule has 0 saturated carbocycles. The minimum absolute atomic E-state index is 0.179. The van der Waals surface area contributed by atoms with Gasteiger partial charge in [-0.25, -0.2) is 4.68 Å². The summed E-state index contributed by atoms with van der Waals surface area (Å²) in [5, 5.41) is 7.39. The number of nitrogens with one attached hydrogen (secondary N) is 1. The summed E-state index contributed by atoms with van der Waals surface area (Å²) in [5.41, 5.74) is 3.08. The molecule has 1 aliphatic rings. The van der Waals surface area contributed by atoms with Crippen LogP contribution >= 0.6 is 0 Å². The molecule has 1 atom stereocenters. The molecule has 2 heterocycles. The van der Waals surface area contributed by atoms with Crippen molar-refractivity contribution >= 4 is 11.9 Å². The zero-order valence-electron chi connectivity index (χ0n) is 14.1. The zero-order chi connectivity index (χ0) is 17.2. The topological polar surface area (TPSA) is 59.8 Å². The Labute approximate surface area is 146 Å². The van der Waals surface area contributed by atoms with E-state index in [9.17, 15) is 4.79 Å². The van der Waals surface area contributed by atoms with Gasteiger partial charge in [-0.2, -0.15) is 4.98 Å². The summed E-state index contributed by atoms with van der Waals surface area (Å²) in [6, 6.07) is 17.8. The number of aromatic nitrogens is 3. The van der Waals surface area contributed by atoms with Crippen LogP contribution in [0.1, 0.15) is 46.2 Å². The highest BCUT2D eigenvalue weighted by molar-refractivity contribution is 6.03. The van der Waals surface area contributed by atoms with Gasteiger partial charge < -0.3 is 0 Å². The van der Waals surface area contributed by atoms with Crippen LogP contribution in [0.25, 0.3) is 0 Å². The van der Waals surface area contributed by atoms with Crippen LogP contribution in [0.4, 0.5) is 5.95 Å². The van der Waals surface area contributed by atoms with Crippen LogP contribution < -0.4 is 5.32 Å². The summed E-state index contributed by atoms with van der Waals surface area (Å²) in [4.78, 5) is 16.9. The number of nitrogens with zero attached hydrogens (tertiary/aromatic N) is 3. The van der Waals surface area contributed by atoms with Gasteiger partial charge in [0.1, 0.15) is 5.82 Å². The Bertz CT molecular complexity index is 901. The Kier molecular flexibility index (Phi) is 4.06. The van der Waals surface area contributed by atoms with Crippen LogP contribution in [-0.2, 0) is 6.42 Å². The minimum atomic E-state index is -0.185. The maximum atomic E-state index is 12.3. The highest BCUT2D eigenvalue weighted by atomic mass is 16.1. The Morgan fingerprint density at radius 2 is 2.00 bits per heavy atom. The van der Waals surface area contributed by atoms with Crippen LogP contribution in [0.3, 0.4) is 0 Å². The van der Waals surface area contributed by atoms with Gasteiger partial charge in [0.05, 0.1) is 6.04 Å². The lowest BCUT2D eigenvalue weighted by Gasteiger charge is -2.23. The molecular weight excluding hydrogens is 312 g/mol. The molecule has 0 saturated heterocycles. The molecule has 25 heavy (non-hydrogen) atoms. The fraction of sp³-hybridized carbons (Fsp3) is 0.250. The van der Waals surface area contributed by atoms with Gasteiger partial charge in [-0.1, -0.05) is 48.0 Å². The van der Waals surface area contributed by atoms with E-state index in [1.165, 1.54) is 11.1 Å². The molecule has 1 aromatic heterocycles. The van der Waals surface area contributed by atoms with Gasteiger partial charge >= 0.3 is 0 Å². The van der Waals surface area contributed by atoms with E-state index in [2.05, 4.69) is 46.6 Å². The van der Waals surface area contributed by atoms with Gasteiger partial charge in [0.25, 0.3) is 5.91 Å². The quantitative estimate of drug-likeness (QED) is 0.794. The second-order valence-corrected chi connectivity index (χ2v) is 6.44. The fourth-order valence-corrected chi connectivity index (χ4v) is 3.35. The number of rotatable bonds is 3. The SMILES string of the molecule is Cc1cccc(C2CCCc3nc(NC(=O)c4ccccc4)nn32)c1. The Balaban J connectivity index is 1.61. The van der Waals surface area contributed by atoms with Gasteiger partial charge in [0.15, 0.2) is 0 Å². The third kappa shape index (κ3) is 3.18. The number of hydrogen-bond donors (Lipinski definition) is 1. The lowest BCUT2D eigenvalue weighted by molar-refractivity contribution is 0.102. The molecule has 1 amide bonds. The smallest absolute Gasteiger partial charge is 0.258 e. The summed E-state index contributed by atoms with van der Waals surface area (Å²) >= 11 is 0. The van der Waals surface area contributed by atoms with Crippen LogP contribution in [0, 0.1) is 6.92 Å². The average molecular weight is 332 g/mol. The number of amides is 1. The van der Waals surface area contributed by atoms with Crippen LogP contribution in [0.15, 0.2) is 54.6 Å². The first-order valence-electron chi connectivity index (χ1n) is 8.59. The van der Waals surface area contributed by atoms with Gasteiger partial charge in [0, 0.05) is 12.0 Å². The van der Waals surface area contributed by atoms with Crippen molar-refractivity contribution in [3.8, 4) is 0 Å². The molecule has 0 spiro atoms. The minimum Gasteiger partial charge on any atom is -0.289 e. The van der Waals surface area contributed by atoms with Crippen LogP contribution in [0.2, 0.25) is 0 Å². The number of hydrogen-bond acceptors (Lipinski definition) is 3. The Hall–Kier alpha value is -2.95. The van der Waals surface area contributed by atoms with Gasteiger partial charge in [-0.05, 0) is 37.5 Å². The molecule has 0 aliphatic carbocycles. The Morgan fingerprint density at radius 1 is 1.16 bits per heavy atom. The highest BCUT2D eigenvalue weighted by Gasteiger charge is 2.25. The molecule has 5 nitrogen and oxygen atoms in total. The fourth-order valence-electron chi connectivity index (χ4n) is 3.35. The van der Waals surface area contributed by atoms with Crippen molar-refractivity contribution in [1.29, 1.82) is 0 Å². The van der Waals surface area contributed by atoms with E-state index in [0.717, 1.165) is 25.1 Å². The molecule has 0 fully saturated rings. The summed E-state index contributed by atoms with van der Waals surface area (Å²) in [6.07, 6.45) is 2.99. The third-order valence-electron chi connectivity index (χ3n) is 4.56. The zero-order valence-corrected chi connectivity index (χ0v) is 14.1. The molecule has 1 unspecified atom stereocenters. The summed E-state index contributed by atoms with van der Waals surface area (Å²) in [7, 11) is 0. The van der Waals surface area contributed by atoms with E-state index in [0.29, 0.717) is 11.5 Å². The number of benzene rings is 2. The van der Waals surface area contributed by atoms with Crippen molar-refractivity contribution in [2.45, 2.75) is 32.2 Å². The number of carbonyl (C=O) groups is 1. The molecule has 1 aliphatic heterocycles. The summed E-state index contributed by atoms with van der Waals surface area (Å²) < 4.78 is 1.97. The summed E-state index contributed by atoms with van der Waals surface area (Å²) in [5.74, 6) is 1.13. The van der Waals surface area contributed by atoms with Gasteiger partial charge in [0.2, 0.25) is 5.95 Å². The molecule has 0 radical (unpaired) electrons. The van der Waals surface area contributed by atoms with E-state index < -0.39 is 0 Å². The lowest BCUT2D eigenvalue weighted by atomic mass is 9.97. The lowest BCUT2D eigenvalue weighted by Crippen LogP contribution is -2.20. The van der Waals surface area contributed by atoms with Crippen molar-refractivity contribution < 1.29 is 4.79 Å². The molecule has 126 valence electrons. The number of anilines is 1. The normalized spacial score (nSPS) is 16.3. The first-order chi connectivity index (χ1) is 12.2. The van der Waals surface area contributed by atoms with Crippen LogP contribution in [-0.4, -0.2) is 20.7 Å². The van der Waals surface area contributed by atoms with E-state index in [1.807, 2.05) is 22.9 Å². The van der Waals surface area contributed by atoms with Crippen molar-refractivity contribution in [3.05, 3.63) is 77.1 Å².